The standard InChI is InChI=1S/C75H54N2/c1-49-24-36-59(37-25-49)76(60-38-26-50(2)27-39-60)61-42-34-54(35-43-61)72-66-20-10-12-22-69(66)75(70-23-13-11-21-67(70)72)77(62-40-28-51(3)29-41-62)63-44-45-68-71(48-63)74(58-33-31-53-15-5-7-17-56(53)47-58)65-19-9-8-18-64(65)73(68)57-32-30-52-14-4-6-16-55(52)46-57/h4-48H,1-3H3. The molecule has 0 saturated carbocycles. The molecular formula is C75H54N2. The van der Waals surface area contributed by atoms with Crippen molar-refractivity contribution in [1.29, 1.82) is 0 Å². The first kappa shape index (κ1) is 45.8. The van der Waals surface area contributed by atoms with Crippen LogP contribution in [0.3, 0.4) is 0 Å². The van der Waals surface area contributed by atoms with E-state index in [-0.39, 0.29) is 0 Å². The van der Waals surface area contributed by atoms with Crippen molar-refractivity contribution in [3.05, 3.63) is 290 Å². The lowest BCUT2D eigenvalue weighted by atomic mass is 9.84. The van der Waals surface area contributed by atoms with Gasteiger partial charge in [-0.05, 0) is 181 Å². The lowest BCUT2D eigenvalue weighted by Crippen LogP contribution is -2.12. The number of hydrogen-bond acceptors (Lipinski definition) is 2. The van der Waals surface area contributed by atoms with E-state index in [4.69, 9.17) is 0 Å². The van der Waals surface area contributed by atoms with E-state index in [1.807, 2.05) is 0 Å². The monoisotopic (exact) mass is 982 g/mol. The quantitative estimate of drug-likeness (QED) is 0.133. The van der Waals surface area contributed by atoms with Gasteiger partial charge in [-0.1, -0.05) is 217 Å². The van der Waals surface area contributed by atoms with Crippen LogP contribution in [-0.4, -0.2) is 0 Å². The minimum Gasteiger partial charge on any atom is -0.311 e. The molecule has 2 heteroatoms. The maximum absolute atomic E-state index is 2.52. The molecule has 14 aromatic carbocycles. The summed E-state index contributed by atoms with van der Waals surface area (Å²) in [5, 5.41) is 14.5. The molecule has 0 unspecified atom stereocenters. The topological polar surface area (TPSA) is 6.48 Å². The van der Waals surface area contributed by atoms with Crippen LogP contribution < -0.4 is 9.80 Å². The second kappa shape index (κ2) is 18.9. The Balaban J connectivity index is 1.01. The van der Waals surface area contributed by atoms with Crippen LogP contribution in [0, 0.1) is 20.8 Å². The molecule has 0 amide bonds. The number of aryl methyl sites for hydroxylation is 3. The van der Waals surface area contributed by atoms with Crippen LogP contribution in [0.15, 0.2) is 273 Å². The van der Waals surface area contributed by atoms with Crippen LogP contribution in [0.25, 0.3) is 98.0 Å². The van der Waals surface area contributed by atoms with Gasteiger partial charge in [0.25, 0.3) is 0 Å². The SMILES string of the molecule is Cc1ccc(N(c2ccc(C)cc2)c2ccc(-c3c4ccccc4c(N(c4ccc(C)cc4)c4ccc5c(-c6ccc7ccccc7c6)c6ccccc6c(-c6ccc7ccccc7c6)c5c4)c4ccccc34)cc2)cc1. The molecule has 77 heavy (non-hydrogen) atoms. The molecule has 0 radical (unpaired) electrons. The summed E-state index contributed by atoms with van der Waals surface area (Å²) in [6, 6.07) is 101. The molecule has 0 aromatic heterocycles. The van der Waals surface area contributed by atoms with Crippen LogP contribution in [0.5, 0.6) is 0 Å². The van der Waals surface area contributed by atoms with E-state index in [1.54, 1.807) is 0 Å². The first-order chi connectivity index (χ1) is 37.9. The third-order valence-corrected chi connectivity index (χ3v) is 15.8. The predicted molar refractivity (Wildman–Crippen MR) is 331 cm³/mol. The van der Waals surface area contributed by atoms with E-state index < -0.39 is 0 Å². The van der Waals surface area contributed by atoms with Gasteiger partial charge in [0.2, 0.25) is 0 Å². The summed E-state index contributed by atoms with van der Waals surface area (Å²) in [7, 11) is 0. The Bertz CT molecular complexity index is 4470. The summed E-state index contributed by atoms with van der Waals surface area (Å²) in [5.41, 5.74) is 17.6. The van der Waals surface area contributed by atoms with E-state index in [1.165, 1.54) is 115 Å². The zero-order chi connectivity index (χ0) is 51.6. The Morgan fingerprint density at radius 1 is 0.208 bits per heavy atom. The smallest absolute Gasteiger partial charge is 0.0618 e. The lowest BCUT2D eigenvalue weighted by Gasteiger charge is -2.30. The summed E-state index contributed by atoms with van der Waals surface area (Å²) >= 11 is 0. The van der Waals surface area contributed by atoms with Crippen molar-refractivity contribution in [2.45, 2.75) is 20.8 Å². The van der Waals surface area contributed by atoms with Crippen molar-refractivity contribution in [3.8, 4) is 33.4 Å². The van der Waals surface area contributed by atoms with E-state index in [0.29, 0.717) is 0 Å². The highest BCUT2D eigenvalue weighted by Crippen LogP contribution is 2.51. The van der Waals surface area contributed by atoms with E-state index in [2.05, 4.69) is 304 Å². The maximum atomic E-state index is 2.52. The highest BCUT2D eigenvalue weighted by Gasteiger charge is 2.25. The van der Waals surface area contributed by atoms with Crippen LogP contribution >= 0.6 is 0 Å². The molecule has 364 valence electrons. The molecule has 0 aliphatic carbocycles. The number of benzene rings is 14. The average Bonchev–Trinajstić information content (AvgIpc) is 3.58. The van der Waals surface area contributed by atoms with Crippen molar-refractivity contribution in [3.63, 3.8) is 0 Å². The molecule has 0 heterocycles. The number of hydrogen-bond donors (Lipinski definition) is 0. The molecule has 0 bridgehead atoms. The fraction of sp³-hybridized carbons (Fsp3) is 0.0400. The molecule has 0 aliphatic rings. The molecular weight excluding hydrogens is 929 g/mol. The van der Waals surface area contributed by atoms with Crippen molar-refractivity contribution in [1.82, 2.24) is 0 Å². The Morgan fingerprint density at radius 3 is 0.974 bits per heavy atom. The second-order valence-electron chi connectivity index (χ2n) is 20.7. The van der Waals surface area contributed by atoms with Crippen LogP contribution in [0.2, 0.25) is 0 Å². The maximum Gasteiger partial charge on any atom is 0.0618 e. The molecule has 14 aromatic rings. The third-order valence-electron chi connectivity index (χ3n) is 15.8. The van der Waals surface area contributed by atoms with Gasteiger partial charge >= 0.3 is 0 Å². The first-order valence-corrected chi connectivity index (χ1v) is 26.7. The lowest BCUT2D eigenvalue weighted by molar-refractivity contribution is 1.27. The van der Waals surface area contributed by atoms with Gasteiger partial charge in [-0.2, -0.15) is 0 Å². The molecule has 0 atom stereocenters. The van der Waals surface area contributed by atoms with Crippen LogP contribution in [-0.2, 0) is 0 Å². The van der Waals surface area contributed by atoms with Crippen LogP contribution in [0.4, 0.5) is 34.1 Å². The normalized spacial score (nSPS) is 11.6. The van der Waals surface area contributed by atoms with Crippen molar-refractivity contribution < 1.29 is 0 Å². The van der Waals surface area contributed by atoms with Crippen molar-refractivity contribution >= 4 is 98.8 Å². The Morgan fingerprint density at radius 2 is 0.519 bits per heavy atom. The molecule has 14 rings (SSSR count). The Kier molecular flexibility index (Phi) is 11.2. The number of rotatable bonds is 9. The van der Waals surface area contributed by atoms with Crippen LogP contribution in [0.1, 0.15) is 16.7 Å². The largest absolute Gasteiger partial charge is 0.311 e. The van der Waals surface area contributed by atoms with Gasteiger partial charge in [-0.3, -0.25) is 0 Å². The molecule has 0 spiro atoms. The molecule has 0 saturated heterocycles. The fourth-order valence-corrected chi connectivity index (χ4v) is 12.0. The molecule has 0 fully saturated rings. The molecule has 0 N–H and O–H groups in total. The minimum absolute atomic E-state index is 1.09. The summed E-state index contributed by atoms with van der Waals surface area (Å²) in [5.74, 6) is 0. The van der Waals surface area contributed by atoms with Crippen molar-refractivity contribution in [2.24, 2.45) is 0 Å². The van der Waals surface area contributed by atoms with Crippen molar-refractivity contribution in [2.75, 3.05) is 9.80 Å². The van der Waals surface area contributed by atoms with Gasteiger partial charge < -0.3 is 9.80 Å². The minimum atomic E-state index is 1.09. The zero-order valence-corrected chi connectivity index (χ0v) is 43.4. The van der Waals surface area contributed by atoms with E-state index in [9.17, 15) is 0 Å². The summed E-state index contributed by atoms with van der Waals surface area (Å²) in [6.45, 7) is 6.46. The highest BCUT2D eigenvalue weighted by atomic mass is 15.1. The number of nitrogens with zero attached hydrogens (tertiary/aromatic N) is 2. The van der Waals surface area contributed by atoms with Gasteiger partial charge in [0.05, 0.1) is 5.69 Å². The average molecular weight is 983 g/mol. The van der Waals surface area contributed by atoms with Gasteiger partial charge in [-0.25, -0.2) is 0 Å². The first-order valence-electron chi connectivity index (χ1n) is 26.7. The third kappa shape index (κ3) is 8.05. The molecule has 2 nitrogen and oxygen atoms in total. The number of fused-ring (bicyclic) bond motifs is 6. The molecule has 0 aliphatic heterocycles. The zero-order valence-electron chi connectivity index (χ0n) is 43.4. The van der Waals surface area contributed by atoms with Gasteiger partial charge in [0.15, 0.2) is 0 Å². The van der Waals surface area contributed by atoms with Gasteiger partial charge in [0, 0.05) is 39.2 Å². The van der Waals surface area contributed by atoms with E-state index in [0.717, 1.165) is 34.1 Å². The predicted octanol–water partition coefficient (Wildman–Crippen LogP) is 21.5. The van der Waals surface area contributed by atoms with Gasteiger partial charge in [0.1, 0.15) is 0 Å². The van der Waals surface area contributed by atoms with Gasteiger partial charge in [-0.15, -0.1) is 0 Å². The number of anilines is 6. The highest BCUT2D eigenvalue weighted by molar-refractivity contribution is 6.25. The summed E-state index contributed by atoms with van der Waals surface area (Å²) in [4.78, 5) is 4.87. The van der Waals surface area contributed by atoms with E-state index >= 15 is 0 Å². The summed E-state index contributed by atoms with van der Waals surface area (Å²) < 4.78 is 0. The second-order valence-corrected chi connectivity index (χ2v) is 20.7. The summed E-state index contributed by atoms with van der Waals surface area (Å²) in [6.07, 6.45) is 0. The Labute approximate surface area is 450 Å². The Hall–Kier alpha value is -9.76. The fourth-order valence-electron chi connectivity index (χ4n) is 12.0.